The molecule has 3 atom stereocenters. The normalized spacial score (nSPS) is 18.5. The predicted molar refractivity (Wildman–Crippen MR) is 53.1 cm³/mol. The van der Waals surface area contributed by atoms with Crippen LogP contribution in [0.1, 0.15) is 20.3 Å². The number of hydrogen-bond donors (Lipinski definition) is 2. The Labute approximate surface area is 79.8 Å². The van der Waals surface area contributed by atoms with Gasteiger partial charge in [0.15, 0.2) is 0 Å². The fourth-order valence-electron chi connectivity index (χ4n) is 1.12. The summed E-state index contributed by atoms with van der Waals surface area (Å²) < 4.78 is 0. The smallest absolute Gasteiger partial charge is 0.219 e. The van der Waals surface area contributed by atoms with E-state index in [4.69, 9.17) is 0 Å². The predicted octanol–water partition coefficient (Wildman–Crippen LogP) is 0.647. The summed E-state index contributed by atoms with van der Waals surface area (Å²) in [4.78, 5) is 10.4. The van der Waals surface area contributed by atoms with Crippen LogP contribution in [0.3, 0.4) is 0 Å². The van der Waals surface area contributed by atoms with E-state index in [0.29, 0.717) is 0 Å². The molecule has 3 unspecified atom stereocenters. The third kappa shape index (κ3) is 4.20. The standard InChI is InChI=1S/C10H18NO2/c1-4-5-6-8(2)10(13)9(7-12)11-3/h4-5,8-11,13H,6H2,1-3H3. The van der Waals surface area contributed by atoms with Gasteiger partial charge in [0.25, 0.3) is 0 Å². The van der Waals surface area contributed by atoms with Crippen molar-refractivity contribution in [1.82, 2.24) is 5.32 Å². The molecule has 0 heterocycles. The molecule has 0 spiro atoms. The summed E-state index contributed by atoms with van der Waals surface area (Å²) >= 11 is 0. The Kier molecular flexibility index (Phi) is 6.45. The zero-order valence-corrected chi connectivity index (χ0v) is 8.45. The molecule has 0 aromatic carbocycles. The van der Waals surface area contributed by atoms with Crippen LogP contribution in [0.25, 0.3) is 0 Å². The van der Waals surface area contributed by atoms with Gasteiger partial charge >= 0.3 is 0 Å². The maximum Gasteiger partial charge on any atom is 0.219 e. The number of nitrogens with one attached hydrogen (secondary N) is 1. The van der Waals surface area contributed by atoms with Crippen molar-refractivity contribution in [2.75, 3.05) is 7.05 Å². The summed E-state index contributed by atoms with van der Waals surface area (Å²) in [7, 11) is 1.64. The van der Waals surface area contributed by atoms with E-state index in [-0.39, 0.29) is 5.92 Å². The Morgan fingerprint density at radius 2 is 2.23 bits per heavy atom. The van der Waals surface area contributed by atoms with Crippen LogP contribution in [-0.2, 0) is 4.79 Å². The first-order chi connectivity index (χ1) is 6.17. The highest BCUT2D eigenvalue weighted by Crippen LogP contribution is 2.11. The second-order valence-electron chi connectivity index (χ2n) is 3.16. The van der Waals surface area contributed by atoms with Gasteiger partial charge in [-0.05, 0) is 26.3 Å². The highest BCUT2D eigenvalue weighted by atomic mass is 16.3. The zero-order valence-electron chi connectivity index (χ0n) is 8.45. The molecule has 0 bridgehead atoms. The molecule has 0 fully saturated rings. The highest BCUT2D eigenvalue weighted by Gasteiger charge is 2.22. The van der Waals surface area contributed by atoms with E-state index in [2.05, 4.69) is 5.32 Å². The average molecular weight is 184 g/mol. The molecule has 2 N–H and O–H groups in total. The number of rotatable bonds is 6. The third-order valence-corrected chi connectivity index (χ3v) is 2.11. The monoisotopic (exact) mass is 184 g/mol. The minimum absolute atomic E-state index is 0.0649. The van der Waals surface area contributed by atoms with Crippen molar-refractivity contribution in [3.05, 3.63) is 12.2 Å². The van der Waals surface area contributed by atoms with Crippen LogP contribution < -0.4 is 5.32 Å². The van der Waals surface area contributed by atoms with Crippen molar-refractivity contribution in [2.45, 2.75) is 32.4 Å². The summed E-state index contributed by atoms with van der Waals surface area (Å²) in [6.45, 7) is 3.84. The number of allylic oxidation sites excluding steroid dienone is 2. The summed E-state index contributed by atoms with van der Waals surface area (Å²) in [5, 5.41) is 12.4. The quantitative estimate of drug-likeness (QED) is 0.596. The second-order valence-corrected chi connectivity index (χ2v) is 3.16. The Balaban J connectivity index is 4.05. The van der Waals surface area contributed by atoms with Crippen molar-refractivity contribution in [3.63, 3.8) is 0 Å². The molecule has 0 aliphatic rings. The van der Waals surface area contributed by atoms with Gasteiger partial charge in [0, 0.05) is 0 Å². The lowest BCUT2D eigenvalue weighted by Gasteiger charge is -2.21. The van der Waals surface area contributed by atoms with Gasteiger partial charge in [-0.3, -0.25) is 4.79 Å². The van der Waals surface area contributed by atoms with Crippen molar-refractivity contribution in [1.29, 1.82) is 0 Å². The maximum atomic E-state index is 10.4. The van der Waals surface area contributed by atoms with Crippen molar-refractivity contribution >= 4 is 6.29 Å². The molecule has 0 aromatic heterocycles. The van der Waals surface area contributed by atoms with Crippen molar-refractivity contribution < 1.29 is 9.90 Å². The van der Waals surface area contributed by atoms with Crippen LogP contribution in [0.2, 0.25) is 0 Å². The number of hydrogen-bond acceptors (Lipinski definition) is 3. The Bertz CT molecular complexity index is 168. The van der Waals surface area contributed by atoms with Gasteiger partial charge in [-0.15, -0.1) is 0 Å². The summed E-state index contributed by atoms with van der Waals surface area (Å²) in [6, 6.07) is -0.583. The minimum atomic E-state index is -0.668. The van der Waals surface area contributed by atoms with Crippen LogP contribution in [0.4, 0.5) is 0 Å². The molecule has 0 saturated heterocycles. The van der Waals surface area contributed by atoms with E-state index < -0.39 is 12.1 Å². The molecule has 0 aromatic rings. The summed E-state index contributed by atoms with van der Waals surface area (Å²) in [5.74, 6) is 0.0649. The third-order valence-electron chi connectivity index (χ3n) is 2.11. The lowest BCUT2D eigenvalue weighted by Crippen LogP contribution is -2.42. The Morgan fingerprint density at radius 1 is 1.62 bits per heavy atom. The van der Waals surface area contributed by atoms with Gasteiger partial charge in [0.1, 0.15) is 6.04 Å². The zero-order chi connectivity index (χ0) is 10.3. The van der Waals surface area contributed by atoms with Crippen LogP contribution in [-0.4, -0.2) is 30.6 Å². The Hall–Kier alpha value is -0.670. The average Bonchev–Trinajstić information content (AvgIpc) is 2.15. The first-order valence-corrected chi connectivity index (χ1v) is 4.51. The first kappa shape index (κ1) is 12.3. The fourth-order valence-corrected chi connectivity index (χ4v) is 1.12. The summed E-state index contributed by atoms with van der Waals surface area (Å²) in [5.41, 5.74) is 0. The van der Waals surface area contributed by atoms with Crippen LogP contribution in [0, 0.1) is 5.92 Å². The van der Waals surface area contributed by atoms with Crippen molar-refractivity contribution in [3.8, 4) is 0 Å². The largest absolute Gasteiger partial charge is 0.391 e. The van der Waals surface area contributed by atoms with E-state index >= 15 is 0 Å². The number of carbonyl (C=O) groups excluding carboxylic acids is 1. The number of aliphatic hydroxyl groups excluding tert-OH is 1. The van der Waals surface area contributed by atoms with Crippen LogP contribution in [0.5, 0.6) is 0 Å². The molecule has 0 amide bonds. The van der Waals surface area contributed by atoms with Gasteiger partial charge in [0.05, 0.1) is 6.10 Å². The Morgan fingerprint density at radius 3 is 2.62 bits per heavy atom. The fraction of sp³-hybridized carbons (Fsp3) is 0.700. The molecule has 13 heavy (non-hydrogen) atoms. The molecule has 0 aliphatic heterocycles. The number of aliphatic hydroxyl groups is 1. The van der Waals surface area contributed by atoms with E-state index in [0.717, 1.165) is 6.42 Å². The number of likely N-dealkylation sites (N-methyl/N-ethyl adjacent to an activating group) is 1. The molecule has 0 saturated carbocycles. The summed E-state index contributed by atoms with van der Waals surface area (Å²) in [6.07, 6.45) is 5.79. The van der Waals surface area contributed by atoms with Crippen LogP contribution >= 0.6 is 0 Å². The van der Waals surface area contributed by atoms with E-state index in [1.807, 2.05) is 26.0 Å². The van der Waals surface area contributed by atoms with E-state index in [1.165, 1.54) is 0 Å². The molecule has 75 valence electrons. The topological polar surface area (TPSA) is 49.3 Å². The van der Waals surface area contributed by atoms with Gasteiger partial charge in [0.2, 0.25) is 6.29 Å². The van der Waals surface area contributed by atoms with Crippen LogP contribution in [0.15, 0.2) is 12.2 Å². The van der Waals surface area contributed by atoms with E-state index in [9.17, 15) is 9.90 Å². The molecule has 0 rings (SSSR count). The molecule has 3 heteroatoms. The minimum Gasteiger partial charge on any atom is -0.391 e. The first-order valence-electron chi connectivity index (χ1n) is 4.51. The molecule has 3 nitrogen and oxygen atoms in total. The van der Waals surface area contributed by atoms with E-state index in [1.54, 1.807) is 13.3 Å². The lowest BCUT2D eigenvalue weighted by molar-refractivity contribution is 0.100. The molecule has 1 radical (unpaired) electrons. The van der Waals surface area contributed by atoms with Crippen molar-refractivity contribution in [2.24, 2.45) is 5.92 Å². The van der Waals surface area contributed by atoms with Gasteiger partial charge in [-0.1, -0.05) is 19.1 Å². The van der Waals surface area contributed by atoms with Gasteiger partial charge in [-0.25, -0.2) is 0 Å². The maximum absolute atomic E-state index is 10.4. The lowest BCUT2D eigenvalue weighted by atomic mass is 9.95. The highest BCUT2D eigenvalue weighted by molar-refractivity contribution is 5.59. The SMILES string of the molecule is CC=CCC(C)C(O)C([C]=O)NC. The second kappa shape index (κ2) is 6.80. The van der Waals surface area contributed by atoms with Gasteiger partial charge in [-0.2, -0.15) is 0 Å². The van der Waals surface area contributed by atoms with Gasteiger partial charge < -0.3 is 10.4 Å². The molecular formula is C10H18NO2. The molecule has 0 aliphatic carbocycles. The molecular weight excluding hydrogens is 166 g/mol.